The van der Waals surface area contributed by atoms with Crippen LogP contribution in [0.15, 0.2) is 0 Å². The minimum Gasteiger partial charge on any atom is -0.412 e. The predicted octanol–water partition coefficient (Wildman–Crippen LogP) is 8.53. The van der Waals surface area contributed by atoms with E-state index in [1.807, 2.05) is 0 Å². The van der Waals surface area contributed by atoms with Crippen molar-refractivity contribution in [3.63, 3.8) is 0 Å². The van der Waals surface area contributed by atoms with Gasteiger partial charge in [0.15, 0.2) is 0 Å². The third-order valence-electron chi connectivity index (χ3n) is 9.74. The van der Waals surface area contributed by atoms with Gasteiger partial charge in [0.2, 0.25) is 0 Å². The third-order valence-corrected chi connectivity index (χ3v) is 9.74. The lowest BCUT2D eigenvalue weighted by Gasteiger charge is -2.41. The molecule has 4 aliphatic carbocycles. The van der Waals surface area contributed by atoms with E-state index in [4.69, 9.17) is 4.74 Å². The second kappa shape index (κ2) is 11.3. The molecule has 0 radical (unpaired) electrons. The van der Waals surface area contributed by atoms with Crippen molar-refractivity contribution in [2.75, 3.05) is 0 Å². The van der Waals surface area contributed by atoms with E-state index in [9.17, 15) is 8.78 Å². The lowest BCUT2D eigenvalue weighted by atomic mass is 9.69. The molecule has 0 bridgehead atoms. The van der Waals surface area contributed by atoms with Gasteiger partial charge in [-0.15, -0.1) is 0 Å². The van der Waals surface area contributed by atoms with Gasteiger partial charge in [0.05, 0.1) is 12.0 Å². The smallest absolute Gasteiger partial charge is 0.358 e. The largest absolute Gasteiger partial charge is 0.412 e. The fraction of sp³-hybridized carbons (Fsp3) is 1.00. The van der Waals surface area contributed by atoms with Gasteiger partial charge in [0.25, 0.3) is 0 Å². The minimum atomic E-state index is -2.91. The molecule has 4 saturated carbocycles. The maximum atomic E-state index is 15.0. The van der Waals surface area contributed by atoms with Crippen LogP contribution in [0.3, 0.4) is 0 Å². The molecule has 0 aromatic carbocycles. The van der Waals surface area contributed by atoms with Crippen LogP contribution < -0.4 is 0 Å². The average Bonchev–Trinajstić information content (AvgIpc) is 2.75. The highest BCUT2D eigenvalue weighted by Gasteiger charge is 2.46. The Bertz CT molecular complexity index is 522. The van der Waals surface area contributed by atoms with Crippen molar-refractivity contribution in [2.24, 2.45) is 41.4 Å². The normalized spacial score (nSPS) is 42.6. The molecule has 0 atom stereocenters. The number of ether oxygens (including phenoxy) is 1. The molecule has 0 aromatic heterocycles. The lowest BCUT2D eigenvalue weighted by Crippen LogP contribution is -2.40. The van der Waals surface area contributed by atoms with Crippen LogP contribution in [0.1, 0.15) is 121 Å². The molecular weight excluding hydrogens is 394 g/mol. The zero-order chi connectivity index (χ0) is 21.1. The summed E-state index contributed by atoms with van der Waals surface area (Å²) >= 11 is 0. The molecule has 0 amide bonds. The van der Waals surface area contributed by atoms with E-state index < -0.39 is 12.0 Å². The first-order chi connectivity index (χ1) is 14.4. The van der Waals surface area contributed by atoms with E-state index in [0.29, 0.717) is 18.8 Å². The lowest BCUT2D eigenvalue weighted by molar-refractivity contribution is -0.302. The topological polar surface area (TPSA) is 40.7 Å². The Morgan fingerprint density at radius 2 is 0.871 bits per heavy atom. The van der Waals surface area contributed by atoms with Crippen molar-refractivity contribution >= 4 is 0 Å². The maximum absolute atomic E-state index is 15.0. The molecule has 4 rings (SSSR count). The number of hydrogen-bond acceptors (Lipinski definition) is 1. The summed E-state index contributed by atoms with van der Waals surface area (Å²) in [6.45, 7) is 4.72. The van der Waals surface area contributed by atoms with Crippen LogP contribution in [-0.4, -0.2) is 17.7 Å². The highest BCUT2D eigenvalue weighted by Crippen LogP contribution is 2.47. The number of alkyl halides is 2. The van der Waals surface area contributed by atoms with E-state index in [0.717, 1.165) is 68.1 Å². The molecule has 0 aromatic rings. The first-order valence-corrected chi connectivity index (χ1v) is 13.5. The van der Waals surface area contributed by atoms with Gasteiger partial charge in [0.1, 0.15) is 0 Å². The molecule has 188 valence electrons. The fourth-order valence-corrected chi connectivity index (χ4v) is 7.44. The van der Waals surface area contributed by atoms with E-state index in [1.165, 1.54) is 51.4 Å². The Morgan fingerprint density at radius 3 is 1.26 bits per heavy atom. The van der Waals surface area contributed by atoms with Gasteiger partial charge in [-0.05, 0) is 113 Å². The van der Waals surface area contributed by atoms with Gasteiger partial charge < -0.3 is 10.2 Å². The molecule has 31 heavy (non-hydrogen) atoms. The third kappa shape index (κ3) is 6.65. The van der Waals surface area contributed by atoms with Crippen LogP contribution in [0, 0.1) is 41.4 Å². The predicted molar refractivity (Wildman–Crippen MR) is 129 cm³/mol. The van der Waals surface area contributed by atoms with Crippen molar-refractivity contribution in [3.05, 3.63) is 0 Å². The standard InChI is InChI=1S/C27H46F2O.H2O.3H2/c1-19-3-7-21(8-4-19)23-11-15-25(16-12-23)27(28,29)30-26-17-13-24(14-18-26)22-9-5-20(2)6-10-22;;;;/h19-26H,3-18H2,1-2H3;1H2;3*1H. The van der Waals surface area contributed by atoms with Gasteiger partial charge in [-0.3, -0.25) is 0 Å². The highest BCUT2D eigenvalue weighted by molar-refractivity contribution is 4.86. The molecule has 4 fully saturated rings. The summed E-state index contributed by atoms with van der Waals surface area (Å²) in [6.07, 6.45) is 14.9. The van der Waals surface area contributed by atoms with Crippen LogP contribution in [0.5, 0.6) is 0 Å². The Morgan fingerprint density at radius 1 is 0.548 bits per heavy atom. The Balaban J connectivity index is 0.00000272. The van der Waals surface area contributed by atoms with Crippen molar-refractivity contribution in [3.8, 4) is 0 Å². The van der Waals surface area contributed by atoms with Crippen molar-refractivity contribution < 1.29 is 23.3 Å². The maximum Gasteiger partial charge on any atom is 0.358 e. The van der Waals surface area contributed by atoms with E-state index in [1.54, 1.807) is 0 Å². The summed E-state index contributed by atoms with van der Waals surface area (Å²) in [4.78, 5) is 0. The van der Waals surface area contributed by atoms with E-state index >= 15 is 0 Å². The zero-order valence-corrected chi connectivity index (χ0v) is 20.1. The molecule has 0 unspecified atom stereocenters. The molecular formula is C27H54F2O2. The summed E-state index contributed by atoms with van der Waals surface area (Å²) in [6, 6.07) is 0. The summed E-state index contributed by atoms with van der Waals surface area (Å²) in [5.74, 6) is 4.31. The van der Waals surface area contributed by atoms with Crippen LogP contribution in [0.2, 0.25) is 0 Å². The van der Waals surface area contributed by atoms with Crippen LogP contribution in [0.25, 0.3) is 0 Å². The molecule has 2 N–H and O–H groups in total. The summed E-state index contributed by atoms with van der Waals surface area (Å²) in [7, 11) is 0. The molecule has 0 saturated heterocycles. The molecule has 4 heteroatoms. The second-order valence-electron chi connectivity index (χ2n) is 11.9. The van der Waals surface area contributed by atoms with E-state index in [-0.39, 0.29) is 15.9 Å². The van der Waals surface area contributed by atoms with Crippen molar-refractivity contribution in [1.82, 2.24) is 0 Å². The molecule has 0 heterocycles. The molecule has 0 spiro atoms. The molecule has 0 aliphatic heterocycles. The Hall–Kier alpha value is -0.220. The van der Waals surface area contributed by atoms with Crippen LogP contribution in [-0.2, 0) is 4.74 Å². The van der Waals surface area contributed by atoms with Gasteiger partial charge in [-0.2, -0.15) is 8.78 Å². The van der Waals surface area contributed by atoms with Gasteiger partial charge in [-0.25, -0.2) is 0 Å². The average molecular weight is 449 g/mol. The second-order valence-corrected chi connectivity index (χ2v) is 11.9. The summed E-state index contributed by atoms with van der Waals surface area (Å²) < 4.78 is 35.5. The zero-order valence-electron chi connectivity index (χ0n) is 20.1. The number of halogens is 2. The van der Waals surface area contributed by atoms with Gasteiger partial charge in [-0.1, -0.05) is 39.5 Å². The summed E-state index contributed by atoms with van der Waals surface area (Å²) in [5.41, 5.74) is 0. The quantitative estimate of drug-likeness (QED) is 0.415. The highest BCUT2D eigenvalue weighted by atomic mass is 19.3. The van der Waals surface area contributed by atoms with Crippen molar-refractivity contribution in [1.29, 1.82) is 0 Å². The number of rotatable bonds is 5. The van der Waals surface area contributed by atoms with Gasteiger partial charge >= 0.3 is 6.11 Å². The first kappa shape index (κ1) is 25.4. The van der Waals surface area contributed by atoms with E-state index in [2.05, 4.69) is 13.8 Å². The van der Waals surface area contributed by atoms with Crippen LogP contribution in [0.4, 0.5) is 8.78 Å². The van der Waals surface area contributed by atoms with Gasteiger partial charge in [0, 0.05) is 4.28 Å². The molecule has 4 aliphatic rings. The Labute approximate surface area is 194 Å². The van der Waals surface area contributed by atoms with Crippen LogP contribution >= 0.6 is 0 Å². The monoisotopic (exact) mass is 448 g/mol. The SMILES string of the molecule is CC1CCC(C2CCC(OC(F)(F)C3CCC(C4CCC(C)CC4)CC3)CC2)CC1.O.[HH].[HH].[HH]. The number of hydrogen-bond donors (Lipinski definition) is 0. The first-order valence-electron chi connectivity index (χ1n) is 13.5. The van der Waals surface area contributed by atoms with Crippen molar-refractivity contribution in [2.45, 2.75) is 129 Å². The minimum absolute atomic E-state index is 0. The molecule has 2 nitrogen and oxygen atoms in total. The Kier molecular flexibility index (Phi) is 9.24. The fourth-order valence-electron chi connectivity index (χ4n) is 7.44. The summed E-state index contributed by atoms with van der Waals surface area (Å²) in [5, 5.41) is 0.